The van der Waals surface area contributed by atoms with E-state index in [1.54, 1.807) is 24.4 Å². The van der Waals surface area contributed by atoms with Crippen LogP contribution in [0.4, 0.5) is 0 Å². The fourth-order valence-electron chi connectivity index (χ4n) is 2.46. The summed E-state index contributed by atoms with van der Waals surface area (Å²) in [7, 11) is 0. The molecule has 1 aliphatic rings. The first-order chi connectivity index (χ1) is 10.6. The number of benzene rings is 1. The standard InChI is InChI=1S/C16H14N2O4/c1-10(19)22-13-4-2-3-12-16(13)11(9-17-12)7-8-18-14(20)5-6-15(18)21/h2-4,7-9,17H,5-6H2,1H3/b8-7+. The zero-order chi connectivity index (χ0) is 15.7. The Labute approximate surface area is 126 Å². The van der Waals surface area contributed by atoms with Crippen molar-refractivity contribution in [2.75, 3.05) is 0 Å². The summed E-state index contributed by atoms with van der Waals surface area (Å²) in [4.78, 5) is 38.6. The predicted molar refractivity (Wildman–Crippen MR) is 79.7 cm³/mol. The lowest BCUT2D eigenvalue weighted by Crippen LogP contribution is -2.22. The summed E-state index contributed by atoms with van der Waals surface area (Å²) in [6, 6.07) is 5.32. The number of hydrogen-bond acceptors (Lipinski definition) is 4. The monoisotopic (exact) mass is 298 g/mol. The lowest BCUT2D eigenvalue weighted by Gasteiger charge is -2.07. The fraction of sp³-hybridized carbons (Fsp3) is 0.188. The Morgan fingerprint density at radius 3 is 2.68 bits per heavy atom. The van der Waals surface area contributed by atoms with Crippen LogP contribution in [0.3, 0.4) is 0 Å². The van der Waals surface area contributed by atoms with Gasteiger partial charge in [0.05, 0.1) is 0 Å². The van der Waals surface area contributed by atoms with Crippen molar-refractivity contribution in [3.05, 3.63) is 36.2 Å². The fourth-order valence-corrected chi connectivity index (χ4v) is 2.46. The first-order valence-corrected chi connectivity index (χ1v) is 6.88. The number of hydrogen-bond donors (Lipinski definition) is 1. The van der Waals surface area contributed by atoms with Crippen molar-refractivity contribution >= 4 is 34.8 Å². The molecule has 22 heavy (non-hydrogen) atoms. The molecule has 0 radical (unpaired) electrons. The Hall–Kier alpha value is -2.89. The average molecular weight is 298 g/mol. The van der Waals surface area contributed by atoms with E-state index in [0.29, 0.717) is 5.75 Å². The van der Waals surface area contributed by atoms with Gasteiger partial charge in [-0.1, -0.05) is 6.07 Å². The Morgan fingerprint density at radius 2 is 2.00 bits per heavy atom. The molecule has 1 fully saturated rings. The molecule has 0 bridgehead atoms. The number of nitrogens with zero attached hydrogens (tertiary/aromatic N) is 1. The summed E-state index contributed by atoms with van der Waals surface area (Å²) in [5.41, 5.74) is 1.54. The number of carbonyl (C=O) groups excluding carboxylic acids is 3. The maximum Gasteiger partial charge on any atom is 0.308 e. The Balaban J connectivity index is 1.99. The average Bonchev–Trinajstić information content (AvgIpc) is 3.02. The van der Waals surface area contributed by atoms with Gasteiger partial charge in [-0.15, -0.1) is 0 Å². The van der Waals surface area contributed by atoms with Gasteiger partial charge in [0.15, 0.2) is 0 Å². The number of carbonyl (C=O) groups is 3. The number of aromatic nitrogens is 1. The molecule has 6 heteroatoms. The number of fused-ring (bicyclic) bond motifs is 1. The predicted octanol–water partition coefficient (Wildman–Crippen LogP) is 2.21. The van der Waals surface area contributed by atoms with Crippen LogP contribution in [0.2, 0.25) is 0 Å². The molecule has 0 atom stereocenters. The molecule has 6 nitrogen and oxygen atoms in total. The molecule has 1 aromatic heterocycles. The van der Waals surface area contributed by atoms with Gasteiger partial charge >= 0.3 is 5.97 Å². The van der Waals surface area contributed by atoms with Gasteiger partial charge in [0.25, 0.3) is 0 Å². The quantitative estimate of drug-likeness (QED) is 0.535. The third-order valence-corrected chi connectivity index (χ3v) is 3.45. The van der Waals surface area contributed by atoms with Crippen LogP contribution >= 0.6 is 0 Å². The summed E-state index contributed by atoms with van der Waals surface area (Å²) >= 11 is 0. The highest BCUT2D eigenvalue weighted by molar-refractivity contribution is 6.04. The van der Waals surface area contributed by atoms with E-state index in [4.69, 9.17) is 4.74 Å². The molecular formula is C16H14N2O4. The van der Waals surface area contributed by atoms with Gasteiger partial charge in [-0.25, -0.2) is 0 Å². The van der Waals surface area contributed by atoms with Crippen molar-refractivity contribution in [2.24, 2.45) is 0 Å². The van der Waals surface area contributed by atoms with E-state index >= 15 is 0 Å². The second-order valence-electron chi connectivity index (χ2n) is 4.99. The SMILES string of the molecule is CC(=O)Oc1cccc2[nH]cc(/C=C/N3C(=O)CCC3=O)c12. The van der Waals surface area contributed by atoms with Gasteiger partial charge in [0.1, 0.15) is 5.75 Å². The van der Waals surface area contributed by atoms with Crippen molar-refractivity contribution in [3.63, 3.8) is 0 Å². The molecule has 112 valence electrons. The van der Waals surface area contributed by atoms with Crippen LogP contribution in [0, 0.1) is 0 Å². The summed E-state index contributed by atoms with van der Waals surface area (Å²) in [5.74, 6) is -0.388. The second kappa shape index (κ2) is 5.48. The normalized spacial score (nSPS) is 15.2. The molecule has 0 aliphatic carbocycles. The van der Waals surface area contributed by atoms with Crippen molar-refractivity contribution < 1.29 is 19.1 Å². The molecule has 0 spiro atoms. The lowest BCUT2D eigenvalue weighted by atomic mass is 10.1. The van der Waals surface area contributed by atoms with E-state index in [1.807, 2.05) is 6.07 Å². The zero-order valence-electron chi connectivity index (χ0n) is 12.0. The highest BCUT2D eigenvalue weighted by Gasteiger charge is 2.26. The largest absolute Gasteiger partial charge is 0.426 e. The summed E-state index contributed by atoms with van der Waals surface area (Å²) in [6.07, 6.45) is 5.35. The maximum absolute atomic E-state index is 11.6. The number of likely N-dealkylation sites (tertiary alicyclic amines) is 1. The Morgan fingerprint density at radius 1 is 1.27 bits per heavy atom. The maximum atomic E-state index is 11.6. The van der Waals surface area contributed by atoms with E-state index in [-0.39, 0.29) is 24.7 Å². The zero-order valence-corrected chi connectivity index (χ0v) is 12.0. The number of rotatable bonds is 3. The minimum absolute atomic E-state index is 0.207. The minimum atomic E-state index is -0.409. The molecular weight excluding hydrogens is 284 g/mol. The number of ether oxygens (including phenoxy) is 1. The van der Waals surface area contributed by atoms with E-state index in [9.17, 15) is 14.4 Å². The molecule has 3 rings (SSSR count). The molecule has 0 unspecified atom stereocenters. The molecule has 2 amide bonds. The number of esters is 1. The van der Waals surface area contributed by atoms with E-state index < -0.39 is 5.97 Å². The Bertz CT molecular complexity index is 788. The lowest BCUT2D eigenvalue weighted by molar-refractivity contribution is -0.135. The number of imide groups is 1. The number of nitrogens with one attached hydrogen (secondary N) is 1. The van der Waals surface area contributed by atoms with Crippen LogP contribution in [0.1, 0.15) is 25.3 Å². The van der Waals surface area contributed by atoms with E-state index in [0.717, 1.165) is 21.4 Å². The summed E-state index contributed by atoms with van der Waals surface area (Å²) < 4.78 is 5.20. The molecule has 1 aliphatic heterocycles. The van der Waals surface area contributed by atoms with Gasteiger partial charge < -0.3 is 9.72 Å². The molecule has 2 aromatic rings. The second-order valence-corrected chi connectivity index (χ2v) is 4.99. The number of H-pyrrole nitrogens is 1. The van der Waals surface area contributed by atoms with Gasteiger partial charge in [0, 0.05) is 48.6 Å². The van der Waals surface area contributed by atoms with Crippen molar-refractivity contribution in [1.29, 1.82) is 0 Å². The summed E-state index contributed by atoms with van der Waals surface area (Å²) in [6.45, 7) is 1.34. The molecule has 0 saturated carbocycles. The first-order valence-electron chi connectivity index (χ1n) is 6.88. The van der Waals surface area contributed by atoms with Gasteiger partial charge in [-0.05, 0) is 18.2 Å². The van der Waals surface area contributed by atoms with E-state index in [1.165, 1.54) is 13.1 Å². The van der Waals surface area contributed by atoms with Gasteiger partial charge in [-0.3, -0.25) is 19.3 Å². The van der Waals surface area contributed by atoms with Crippen LogP contribution in [0.15, 0.2) is 30.6 Å². The molecule has 1 aromatic carbocycles. The van der Waals surface area contributed by atoms with Crippen LogP contribution in [0.25, 0.3) is 17.0 Å². The van der Waals surface area contributed by atoms with E-state index in [2.05, 4.69) is 4.98 Å². The van der Waals surface area contributed by atoms with Crippen LogP contribution in [0.5, 0.6) is 5.75 Å². The van der Waals surface area contributed by atoms with Gasteiger partial charge in [0.2, 0.25) is 11.8 Å². The van der Waals surface area contributed by atoms with Crippen molar-refractivity contribution in [3.8, 4) is 5.75 Å². The molecule has 2 heterocycles. The van der Waals surface area contributed by atoms with Crippen LogP contribution < -0.4 is 4.74 Å². The van der Waals surface area contributed by atoms with Gasteiger partial charge in [-0.2, -0.15) is 0 Å². The highest BCUT2D eigenvalue weighted by atomic mass is 16.5. The van der Waals surface area contributed by atoms with Crippen molar-refractivity contribution in [2.45, 2.75) is 19.8 Å². The third kappa shape index (κ3) is 2.50. The number of amides is 2. The first kappa shape index (κ1) is 14.1. The minimum Gasteiger partial charge on any atom is -0.426 e. The smallest absolute Gasteiger partial charge is 0.308 e. The van der Waals surface area contributed by atoms with Crippen LogP contribution in [-0.4, -0.2) is 27.7 Å². The third-order valence-electron chi connectivity index (χ3n) is 3.45. The molecule has 1 saturated heterocycles. The Kier molecular flexibility index (Phi) is 3.50. The topological polar surface area (TPSA) is 79.5 Å². The molecule has 1 N–H and O–H groups in total. The highest BCUT2D eigenvalue weighted by Crippen LogP contribution is 2.30. The van der Waals surface area contributed by atoms with Crippen LogP contribution in [-0.2, 0) is 14.4 Å². The van der Waals surface area contributed by atoms with Crippen molar-refractivity contribution in [1.82, 2.24) is 9.88 Å². The number of aromatic amines is 1. The summed E-state index contributed by atoms with van der Waals surface area (Å²) in [5, 5.41) is 0.730.